The Hall–Kier alpha value is -5.00. The van der Waals surface area contributed by atoms with Crippen LogP contribution in [0.1, 0.15) is 10.9 Å². The lowest BCUT2D eigenvalue weighted by Crippen LogP contribution is -2.02. The minimum absolute atomic E-state index is 0.181. The summed E-state index contributed by atoms with van der Waals surface area (Å²) in [5, 5.41) is 8.69. The van der Waals surface area contributed by atoms with Gasteiger partial charge in [0.05, 0.1) is 5.69 Å². The van der Waals surface area contributed by atoms with Gasteiger partial charge in [0, 0.05) is 27.0 Å². The van der Waals surface area contributed by atoms with Crippen LogP contribution in [0.4, 0.5) is 5.69 Å². The molecule has 0 saturated heterocycles. The quantitative estimate of drug-likeness (QED) is 0.224. The molecule has 1 aliphatic rings. The first-order chi connectivity index (χ1) is 20.3. The van der Waals surface area contributed by atoms with E-state index in [9.17, 15) is 0 Å². The smallest absolute Gasteiger partial charge is 0.164 e. The number of aromatic nitrogens is 3. The van der Waals surface area contributed by atoms with Gasteiger partial charge >= 0.3 is 0 Å². The van der Waals surface area contributed by atoms with E-state index in [1.165, 1.54) is 26.9 Å². The van der Waals surface area contributed by atoms with Crippen LogP contribution in [0.2, 0.25) is 0 Å². The van der Waals surface area contributed by atoms with Crippen molar-refractivity contribution in [2.45, 2.75) is 10.3 Å². The first-order valence-electron chi connectivity index (χ1n) is 13.7. The molecule has 1 atom stereocenters. The first-order valence-corrected chi connectivity index (χ1v) is 14.5. The fraction of sp³-hybridized carbons (Fsp3) is 0.0278. The van der Waals surface area contributed by atoms with Gasteiger partial charge in [-0.05, 0) is 33.9 Å². The zero-order chi connectivity index (χ0) is 27.2. The molecule has 1 N–H and O–H groups in total. The highest BCUT2D eigenvalue weighted by atomic mass is 32.2. The number of thioether (sulfide) groups is 1. The van der Waals surface area contributed by atoms with Crippen LogP contribution in [0.15, 0.2) is 138 Å². The predicted octanol–water partition coefficient (Wildman–Crippen LogP) is 9.40. The van der Waals surface area contributed by atoms with Crippen LogP contribution in [0.25, 0.3) is 55.7 Å². The molecule has 0 bridgehead atoms. The summed E-state index contributed by atoms with van der Waals surface area (Å²) in [6, 6.07) is 46.2. The van der Waals surface area contributed by atoms with Gasteiger partial charge in [0.25, 0.3) is 0 Å². The van der Waals surface area contributed by atoms with Gasteiger partial charge in [0.1, 0.15) is 5.37 Å². The highest BCUT2D eigenvalue weighted by molar-refractivity contribution is 8.00. The van der Waals surface area contributed by atoms with Crippen LogP contribution in [0.5, 0.6) is 0 Å². The number of hydrogen-bond acceptors (Lipinski definition) is 5. The second-order valence-corrected chi connectivity index (χ2v) is 11.2. The Morgan fingerprint density at radius 1 is 0.537 bits per heavy atom. The van der Waals surface area contributed by atoms with E-state index in [-0.39, 0.29) is 5.37 Å². The van der Waals surface area contributed by atoms with Gasteiger partial charge in [-0.25, -0.2) is 15.0 Å². The number of hydrogen-bond donors (Lipinski definition) is 1. The van der Waals surface area contributed by atoms with E-state index in [0.717, 1.165) is 27.5 Å². The number of nitrogens with one attached hydrogen (secondary N) is 1. The molecule has 0 fully saturated rings. The molecule has 0 amide bonds. The van der Waals surface area contributed by atoms with Crippen LogP contribution in [-0.4, -0.2) is 15.0 Å². The maximum absolute atomic E-state index is 5.04. The minimum atomic E-state index is 0.181. The lowest BCUT2D eigenvalue weighted by Gasteiger charge is -2.15. The molecule has 41 heavy (non-hydrogen) atoms. The van der Waals surface area contributed by atoms with Crippen LogP contribution in [0.3, 0.4) is 0 Å². The fourth-order valence-corrected chi connectivity index (χ4v) is 6.75. The van der Waals surface area contributed by atoms with Gasteiger partial charge in [-0.15, -0.1) is 0 Å². The van der Waals surface area contributed by atoms with Crippen LogP contribution in [0, 0.1) is 0 Å². The maximum atomic E-state index is 5.04. The van der Waals surface area contributed by atoms with Crippen molar-refractivity contribution in [2.24, 2.45) is 0 Å². The topological polar surface area (TPSA) is 50.7 Å². The molecular weight excluding hydrogens is 520 g/mol. The van der Waals surface area contributed by atoms with Crippen molar-refractivity contribution in [3.8, 4) is 34.2 Å². The summed E-state index contributed by atoms with van der Waals surface area (Å²) in [6.07, 6.45) is 0. The molecule has 0 spiro atoms. The first kappa shape index (κ1) is 23.9. The van der Waals surface area contributed by atoms with E-state index in [2.05, 4.69) is 78.1 Å². The number of rotatable bonds is 4. The Bertz CT molecular complexity index is 1990. The molecule has 1 unspecified atom stereocenters. The Kier molecular flexibility index (Phi) is 5.75. The molecule has 1 aromatic heterocycles. The second kappa shape index (κ2) is 9.88. The van der Waals surface area contributed by atoms with E-state index >= 15 is 0 Å². The molecule has 0 aliphatic carbocycles. The maximum Gasteiger partial charge on any atom is 0.164 e. The average Bonchev–Trinajstić information content (AvgIpc) is 3.50. The summed E-state index contributed by atoms with van der Waals surface area (Å²) >= 11 is 1.87. The normalized spacial score (nSPS) is 14.2. The molecule has 6 aromatic carbocycles. The molecule has 5 heteroatoms. The van der Waals surface area contributed by atoms with Gasteiger partial charge in [0.2, 0.25) is 0 Å². The summed E-state index contributed by atoms with van der Waals surface area (Å²) in [5.41, 5.74) is 5.38. The zero-order valence-electron chi connectivity index (χ0n) is 22.0. The van der Waals surface area contributed by atoms with Gasteiger partial charge in [-0.1, -0.05) is 133 Å². The Balaban J connectivity index is 1.34. The van der Waals surface area contributed by atoms with E-state index in [0.29, 0.717) is 17.5 Å². The molecule has 1 aliphatic heterocycles. The van der Waals surface area contributed by atoms with E-state index in [1.807, 2.05) is 72.4 Å². The van der Waals surface area contributed by atoms with E-state index in [1.54, 1.807) is 0 Å². The third kappa shape index (κ3) is 4.22. The number of nitrogens with zero attached hydrogens (tertiary/aromatic N) is 3. The van der Waals surface area contributed by atoms with Crippen molar-refractivity contribution in [1.29, 1.82) is 0 Å². The summed E-state index contributed by atoms with van der Waals surface area (Å²) in [6.45, 7) is 0. The van der Waals surface area contributed by atoms with Crippen molar-refractivity contribution in [1.82, 2.24) is 15.0 Å². The standard InChI is InChI=1S/C36H24N4S/c1-4-12-23(13-5-1)33-38-34(24-14-6-2-7-15-24)40-35(39-33)29-22-26-20-21-30-32(31(26)28-19-11-10-18-27(28)29)37-36(41-30)25-16-8-3-9-17-25/h1-22,36-37H. The molecule has 2 heterocycles. The lowest BCUT2D eigenvalue weighted by atomic mass is 9.95. The lowest BCUT2D eigenvalue weighted by molar-refractivity contribution is 1.08. The van der Waals surface area contributed by atoms with Crippen molar-refractivity contribution < 1.29 is 0 Å². The van der Waals surface area contributed by atoms with Crippen molar-refractivity contribution in [3.63, 3.8) is 0 Å². The second-order valence-electron chi connectivity index (χ2n) is 10.1. The monoisotopic (exact) mass is 544 g/mol. The Morgan fingerprint density at radius 2 is 1.10 bits per heavy atom. The molecule has 7 aromatic rings. The van der Waals surface area contributed by atoms with Gasteiger partial charge in [0.15, 0.2) is 17.5 Å². The molecular formula is C36H24N4S. The summed E-state index contributed by atoms with van der Waals surface area (Å²) in [5.74, 6) is 1.99. The van der Waals surface area contributed by atoms with Crippen LogP contribution >= 0.6 is 11.8 Å². The van der Waals surface area contributed by atoms with Gasteiger partial charge in [-0.3, -0.25) is 0 Å². The molecule has 194 valence electrons. The van der Waals surface area contributed by atoms with Gasteiger partial charge in [-0.2, -0.15) is 0 Å². The Morgan fingerprint density at radius 3 is 1.76 bits per heavy atom. The number of benzene rings is 6. The fourth-order valence-electron chi connectivity index (χ4n) is 5.60. The number of anilines is 1. The largest absolute Gasteiger partial charge is 0.368 e. The zero-order valence-corrected chi connectivity index (χ0v) is 22.8. The van der Waals surface area contributed by atoms with E-state index in [4.69, 9.17) is 15.0 Å². The number of fused-ring (bicyclic) bond motifs is 5. The van der Waals surface area contributed by atoms with E-state index < -0.39 is 0 Å². The van der Waals surface area contributed by atoms with Crippen molar-refractivity contribution >= 4 is 39.0 Å². The predicted molar refractivity (Wildman–Crippen MR) is 170 cm³/mol. The highest BCUT2D eigenvalue weighted by Crippen LogP contribution is 2.51. The third-order valence-electron chi connectivity index (χ3n) is 7.55. The van der Waals surface area contributed by atoms with Crippen LogP contribution < -0.4 is 5.32 Å². The Labute approximate surface area is 242 Å². The SMILES string of the molecule is c1ccc(-c2nc(-c3ccccc3)nc(-c3cc4ccc5c(c4c4ccccc34)NC(c3ccccc3)S5)n2)cc1. The molecule has 0 saturated carbocycles. The minimum Gasteiger partial charge on any atom is -0.368 e. The summed E-state index contributed by atoms with van der Waals surface area (Å²) < 4.78 is 0. The van der Waals surface area contributed by atoms with Crippen molar-refractivity contribution in [2.75, 3.05) is 5.32 Å². The molecule has 4 nitrogen and oxygen atoms in total. The highest BCUT2D eigenvalue weighted by Gasteiger charge is 2.26. The molecule has 8 rings (SSSR count). The average molecular weight is 545 g/mol. The summed E-state index contributed by atoms with van der Waals surface area (Å²) in [7, 11) is 0. The molecule has 0 radical (unpaired) electrons. The van der Waals surface area contributed by atoms with Crippen LogP contribution in [-0.2, 0) is 0 Å². The summed E-state index contributed by atoms with van der Waals surface area (Å²) in [4.78, 5) is 16.2. The van der Waals surface area contributed by atoms with Crippen molar-refractivity contribution in [3.05, 3.63) is 139 Å². The van der Waals surface area contributed by atoms with Gasteiger partial charge < -0.3 is 5.32 Å². The third-order valence-corrected chi connectivity index (χ3v) is 8.77.